The van der Waals surface area contributed by atoms with Gasteiger partial charge < -0.3 is 10.0 Å². The van der Waals surface area contributed by atoms with Gasteiger partial charge in [0.2, 0.25) is 5.91 Å². The Morgan fingerprint density at radius 1 is 1.21 bits per heavy atom. The van der Waals surface area contributed by atoms with Crippen molar-refractivity contribution in [2.45, 2.75) is 57.9 Å². The topological polar surface area (TPSA) is 57.6 Å². The third kappa shape index (κ3) is 3.63. The van der Waals surface area contributed by atoms with Crippen LogP contribution in [0.3, 0.4) is 0 Å². The highest BCUT2D eigenvalue weighted by Gasteiger charge is 2.34. The fourth-order valence-corrected chi connectivity index (χ4v) is 4.32. The molecule has 4 nitrogen and oxygen atoms in total. The van der Waals surface area contributed by atoms with Crippen molar-refractivity contribution in [1.82, 2.24) is 4.90 Å². The highest BCUT2D eigenvalue weighted by Crippen LogP contribution is 2.32. The first kappa shape index (κ1) is 17.0. The van der Waals surface area contributed by atoms with Gasteiger partial charge in [-0.25, -0.2) is 0 Å². The minimum atomic E-state index is -0.847. The maximum atomic E-state index is 12.9. The number of benzene rings is 1. The van der Waals surface area contributed by atoms with Crippen molar-refractivity contribution in [3.8, 4) is 0 Å². The van der Waals surface area contributed by atoms with Crippen LogP contribution in [-0.4, -0.2) is 28.4 Å². The van der Waals surface area contributed by atoms with Gasteiger partial charge in [-0.3, -0.25) is 9.59 Å². The van der Waals surface area contributed by atoms with E-state index in [1.807, 2.05) is 31.2 Å². The molecular formula is C20H27NO3. The molecule has 1 aromatic rings. The molecule has 1 aliphatic carbocycles. The molecule has 0 spiro atoms. The quantitative estimate of drug-likeness (QED) is 0.914. The molecule has 0 saturated heterocycles. The van der Waals surface area contributed by atoms with Gasteiger partial charge in [-0.05, 0) is 23.5 Å². The number of carbonyl (C=O) groups is 2. The Morgan fingerprint density at radius 3 is 2.62 bits per heavy atom. The molecule has 0 aromatic heterocycles. The molecule has 0 bridgehead atoms. The van der Waals surface area contributed by atoms with Gasteiger partial charge in [0.05, 0.1) is 5.92 Å². The summed E-state index contributed by atoms with van der Waals surface area (Å²) in [6, 6.07) is 7.60. The summed E-state index contributed by atoms with van der Waals surface area (Å²) < 4.78 is 0. The first-order valence-electron chi connectivity index (χ1n) is 9.15. The van der Waals surface area contributed by atoms with Gasteiger partial charge in [0.25, 0.3) is 0 Å². The van der Waals surface area contributed by atoms with Gasteiger partial charge in [0.1, 0.15) is 0 Å². The summed E-state index contributed by atoms with van der Waals surface area (Å²) in [4.78, 5) is 26.3. The number of rotatable bonds is 4. The maximum absolute atomic E-state index is 12.9. The lowest BCUT2D eigenvalue weighted by Crippen LogP contribution is -2.43. The van der Waals surface area contributed by atoms with Crippen LogP contribution in [-0.2, 0) is 16.1 Å². The van der Waals surface area contributed by atoms with E-state index in [-0.39, 0.29) is 11.8 Å². The van der Waals surface area contributed by atoms with Crippen LogP contribution in [0.4, 0.5) is 0 Å². The van der Waals surface area contributed by atoms with E-state index in [0.717, 1.165) is 17.5 Å². The molecule has 2 unspecified atom stereocenters. The van der Waals surface area contributed by atoms with E-state index in [9.17, 15) is 14.7 Å². The number of hydrogen-bond acceptors (Lipinski definition) is 2. The molecule has 130 valence electrons. The molecule has 1 N–H and O–H groups in total. The number of aliphatic carboxylic acids is 1. The Morgan fingerprint density at radius 2 is 1.92 bits per heavy atom. The van der Waals surface area contributed by atoms with Gasteiger partial charge in [0.15, 0.2) is 0 Å². The summed E-state index contributed by atoms with van der Waals surface area (Å²) in [5.41, 5.74) is 1.82. The second-order valence-electron chi connectivity index (χ2n) is 7.45. The zero-order valence-electron chi connectivity index (χ0n) is 14.4. The molecule has 1 saturated carbocycles. The number of amides is 1. The van der Waals surface area contributed by atoms with E-state index in [2.05, 4.69) is 0 Å². The first-order valence-corrected chi connectivity index (χ1v) is 9.15. The van der Waals surface area contributed by atoms with E-state index in [4.69, 9.17) is 0 Å². The van der Waals surface area contributed by atoms with Crippen molar-refractivity contribution < 1.29 is 14.7 Å². The molecule has 1 fully saturated rings. The van der Waals surface area contributed by atoms with Crippen LogP contribution >= 0.6 is 0 Å². The number of nitrogens with zero attached hydrogens (tertiary/aromatic N) is 1. The third-order valence-corrected chi connectivity index (χ3v) is 5.64. The van der Waals surface area contributed by atoms with Crippen molar-refractivity contribution in [3.05, 3.63) is 35.4 Å². The summed E-state index contributed by atoms with van der Waals surface area (Å²) in [5.74, 6) is -0.708. The molecule has 1 aromatic carbocycles. The van der Waals surface area contributed by atoms with Crippen LogP contribution in [0.5, 0.6) is 0 Å². The number of fused-ring (bicyclic) bond motifs is 1. The summed E-state index contributed by atoms with van der Waals surface area (Å²) in [6.45, 7) is 2.83. The molecule has 1 heterocycles. The van der Waals surface area contributed by atoms with Gasteiger partial charge in [-0.15, -0.1) is 0 Å². The standard InChI is InChI=1S/C20H27NO3/c1-14(11-15-7-3-2-4-8-15)19(22)21-12-16-9-5-6-10-17(16)18(13-21)20(23)24/h5-6,9-10,14-15,18H,2-4,7-8,11-13H2,1H3,(H,23,24). The SMILES string of the molecule is CC(CC1CCCCC1)C(=O)N1Cc2ccccc2C(C(=O)O)C1. The Balaban J connectivity index is 1.70. The van der Waals surface area contributed by atoms with Gasteiger partial charge in [0, 0.05) is 19.0 Å². The number of carbonyl (C=O) groups excluding carboxylic acids is 1. The smallest absolute Gasteiger partial charge is 0.312 e. The number of hydrogen-bond donors (Lipinski definition) is 1. The Hall–Kier alpha value is -1.84. The van der Waals surface area contributed by atoms with Gasteiger partial charge in [-0.2, -0.15) is 0 Å². The highest BCUT2D eigenvalue weighted by atomic mass is 16.4. The van der Waals surface area contributed by atoms with Crippen LogP contribution < -0.4 is 0 Å². The van der Waals surface area contributed by atoms with Gasteiger partial charge in [-0.1, -0.05) is 63.3 Å². The summed E-state index contributed by atoms with van der Waals surface area (Å²) >= 11 is 0. The van der Waals surface area contributed by atoms with Crippen LogP contribution in [0.15, 0.2) is 24.3 Å². The summed E-state index contributed by atoms with van der Waals surface area (Å²) in [6.07, 6.45) is 7.29. The predicted molar refractivity (Wildman–Crippen MR) is 92.6 cm³/mol. The molecule has 24 heavy (non-hydrogen) atoms. The lowest BCUT2D eigenvalue weighted by molar-refractivity contribution is -0.142. The lowest BCUT2D eigenvalue weighted by atomic mass is 9.82. The third-order valence-electron chi connectivity index (χ3n) is 5.64. The fraction of sp³-hybridized carbons (Fsp3) is 0.600. The normalized spacial score (nSPS) is 22.7. The molecule has 2 aliphatic rings. The molecule has 0 radical (unpaired) electrons. The van der Waals surface area contributed by atoms with Crippen LogP contribution in [0.25, 0.3) is 0 Å². The molecule has 3 rings (SSSR count). The van der Waals surface area contributed by atoms with E-state index in [1.54, 1.807) is 4.90 Å². The van der Waals surface area contributed by atoms with E-state index in [0.29, 0.717) is 19.0 Å². The lowest BCUT2D eigenvalue weighted by Gasteiger charge is -2.35. The van der Waals surface area contributed by atoms with E-state index >= 15 is 0 Å². The van der Waals surface area contributed by atoms with Crippen molar-refractivity contribution in [3.63, 3.8) is 0 Å². The minimum Gasteiger partial charge on any atom is -0.481 e. The summed E-state index contributed by atoms with van der Waals surface area (Å²) in [7, 11) is 0. The molecule has 1 aliphatic heterocycles. The highest BCUT2D eigenvalue weighted by molar-refractivity contribution is 5.82. The van der Waals surface area contributed by atoms with Crippen LogP contribution in [0, 0.1) is 11.8 Å². The second-order valence-corrected chi connectivity index (χ2v) is 7.45. The Bertz CT molecular complexity index is 607. The van der Waals surface area contributed by atoms with Crippen LogP contribution in [0.2, 0.25) is 0 Å². The molecular weight excluding hydrogens is 302 g/mol. The largest absolute Gasteiger partial charge is 0.481 e. The van der Waals surface area contributed by atoms with Crippen molar-refractivity contribution >= 4 is 11.9 Å². The molecule has 2 atom stereocenters. The summed E-state index contributed by atoms with van der Waals surface area (Å²) in [5, 5.41) is 9.55. The molecule has 1 amide bonds. The minimum absolute atomic E-state index is 0.0205. The fourth-order valence-electron chi connectivity index (χ4n) is 4.32. The van der Waals surface area contributed by atoms with Crippen molar-refractivity contribution in [2.75, 3.05) is 6.54 Å². The average Bonchev–Trinajstić information content (AvgIpc) is 2.60. The zero-order valence-corrected chi connectivity index (χ0v) is 14.4. The van der Waals surface area contributed by atoms with Crippen molar-refractivity contribution in [1.29, 1.82) is 0 Å². The number of carboxylic acid groups (broad SMARTS) is 1. The second kappa shape index (κ2) is 7.37. The maximum Gasteiger partial charge on any atom is 0.312 e. The van der Waals surface area contributed by atoms with Crippen LogP contribution in [0.1, 0.15) is 62.5 Å². The van der Waals surface area contributed by atoms with E-state index in [1.165, 1.54) is 32.1 Å². The molecule has 4 heteroatoms. The van der Waals surface area contributed by atoms with Crippen molar-refractivity contribution in [2.24, 2.45) is 11.8 Å². The first-order chi connectivity index (χ1) is 11.6. The predicted octanol–water partition coefficient (Wildman–Crippen LogP) is 3.80. The number of carboxylic acids is 1. The monoisotopic (exact) mass is 329 g/mol. The Labute approximate surface area is 143 Å². The Kier molecular flexibility index (Phi) is 5.22. The average molecular weight is 329 g/mol. The zero-order chi connectivity index (χ0) is 17.1. The van der Waals surface area contributed by atoms with E-state index < -0.39 is 11.9 Å². The van der Waals surface area contributed by atoms with Gasteiger partial charge >= 0.3 is 5.97 Å².